The van der Waals surface area contributed by atoms with Gasteiger partial charge in [0.15, 0.2) is 0 Å². The molecule has 80 valence electrons. The minimum Gasteiger partial charge on any atom is -0.481 e. The standard InChI is InChI=1S/C11H13NO3/c1-15-9-5-2-4-8(12-9)11(10(13)14)6-3-7-11/h2,4-5H,3,6-7H2,1H3,(H,13,14). The molecular formula is C11H13NO3. The Morgan fingerprint density at radius 1 is 1.53 bits per heavy atom. The Labute approximate surface area is 87.9 Å². The first-order valence-corrected chi connectivity index (χ1v) is 4.94. The predicted octanol–water partition coefficient (Wildman–Crippen LogP) is 1.60. The van der Waals surface area contributed by atoms with Crippen molar-refractivity contribution >= 4 is 5.97 Å². The Bertz CT molecular complexity index is 385. The highest BCUT2D eigenvalue weighted by Gasteiger charge is 2.47. The molecule has 4 heteroatoms. The van der Waals surface area contributed by atoms with Crippen LogP contribution in [0.3, 0.4) is 0 Å². The number of hydrogen-bond acceptors (Lipinski definition) is 3. The fourth-order valence-corrected chi connectivity index (χ4v) is 1.90. The number of nitrogens with zero attached hydrogens (tertiary/aromatic N) is 1. The fourth-order valence-electron chi connectivity index (χ4n) is 1.90. The maximum Gasteiger partial charge on any atom is 0.315 e. The molecule has 0 unspecified atom stereocenters. The van der Waals surface area contributed by atoms with Gasteiger partial charge in [0, 0.05) is 6.07 Å². The number of pyridine rings is 1. The van der Waals surface area contributed by atoms with Crippen LogP contribution in [0.15, 0.2) is 18.2 Å². The largest absolute Gasteiger partial charge is 0.481 e. The van der Waals surface area contributed by atoms with Gasteiger partial charge >= 0.3 is 5.97 Å². The monoisotopic (exact) mass is 207 g/mol. The molecule has 1 aliphatic rings. The zero-order valence-electron chi connectivity index (χ0n) is 8.56. The molecule has 0 aromatic carbocycles. The Morgan fingerprint density at radius 3 is 2.73 bits per heavy atom. The molecule has 1 fully saturated rings. The summed E-state index contributed by atoms with van der Waals surface area (Å²) in [5.74, 6) is -0.311. The number of methoxy groups -OCH3 is 1. The summed E-state index contributed by atoms with van der Waals surface area (Å²) in [7, 11) is 1.53. The highest BCUT2D eigenvalue weighted by Crippen LogP contribution is 2.43. The first kappa shape index (κ1) is 9.96. The summed E-state index contributed by atoms with van der Waals surface area (Å²) in [6.45, 7) is 0. The average Bonchev–Trinajstić information content (AvgIpc) is 2.16. The van der Waals surface area contributed by atoms with Crippen molar-refractivity contribution in [3.05, 3.63) is 23.9 Å². The van der Waals surface area contributed by atoms with Crippen LogP contribution in [0.4, 0.5) is 0 Å². The van der Waals surface area contributed by atoms with E-state index < -0.39 is 11.4 Å². The van der Waals surface area contributed by atoms with E-state index in [1.807, 2.05) is 0 Å². The van der Waals surface area contributed by atoms with Crippen LogP contribution in [0.1, 0.15) is 25.0 Å². The summed E-state index contributed by atoms with van der Waals surface area (Å²) in [5.41, 5.74) is -0.158. The van der Waals surface area contributed by atoms with Gasteiger partial charge in [-0.1, -0.05) is 12.5 Å². The van der Waals surface area contributed by atoms with Crippen molar-refractivity contribution in [1.29, 1.82) is 0 Å². The Balaban J connectivity index is 2.38. The van der Waals surface area contributed by atoms with Gasteiger partial charge in [-0.15, -0.1) is 0 Å². The molecule has 0 radical (unpaired) electrons. The lowest BCUT2D eigenvalue weighted by Crippen LogP contribution is -2.43. The van der Waals surface area contributed by atoms with Crippen molar-refractivity contribution in [3.8, 4) is 5.88 Å². The van der Waals surface area contributed by atoms with Gasteiger partial charge in [0.2, 0.25) is 5.88 Å². The van der Waals surface area contributed by atoms with E-state index in [1.54, 1.807) is 18.2 Å². The van der Waals surface area contributed by atoms with E-state index in [1.165, 1.54) is 7.11 Å². The molecule has 4 nitrogen and oxygen atoms in total. The number of carboxylic acids is 1. The van der Waals surface area contributed by atoms with E-state index in [9.17, 15) is 9.90 Å². The smallest absolute Gasteiger partial charge is 0.315 e. The second kappa shape index (κ2) is 3.53. The lowest BCUT2D eigenvalue weighted by molar-refractivity contribution is -0.147. The van der Waals surface area contributed by atoms with E-state index in [-0.39, 0.29) is 0 Å². The molecule has 15 heavy (non-hydrogen) atoms. The molecule has 0 bridgehead atoms. The van der Waals surface area contributed by atoms with Gasteiger partial charge in [-0.3, -0.25) is 4.79 Å². The second-order valence-electron chi connectivity index (χ2n) is 3.81. The lowest BCUT2D eigenvalue weighted by Gasteiger charge is -2.36. The summed E-state index contributed by atoms with van der Waals surface area (Å²) in [5, 5.41) is 9.22. The van der Waals surface area contributed by atoms with Crippen LogP contribution >= 0.6 is 0 Å². The van der Waals surface area contributed by atoms with Crippen molar-refractivity contribution in [2.75, 3.05) is 7.11 Å². The zero-order chi connectivity index (χ0) is 10.9. The maximum atomic E-state index is 11.2. The van der Waals surface area contributed by atoms with Gasteiger partial charge in [-0.25, -0.2) is 4.98 Å². The number of aliphatic carboxylic acids is 1. The molecule has 1 aromatic heterocycles. The van der Waals surface area contributed by atoms with Crippen molar-refractivity contribution < 1.29 is 14.6 Å². The average molecular weight is 207 g/mol. The molecule has 1 aromatic rings. The summed E-state index contributed by atoms with van der Waals surface area (Å²) in [6, 6.07) is 5.26. The molecule has 1 heterocycles. The number of carbonyl (C=O) groups is 1. The summed E-state index contributed by atoms with van der Waals surface area (Å²) >= 11 is 0. The quantitative estimate of drug-likeness (QED) is 0.817. The third kappa shape index (κ3) is 1.46. The van der Waals surface area contributed by atoms with Gasteiger partial charge in [-0.05, 0) is 18.9 Å². The Morgan fingerprint density at radius 2 is 2.27 bits per heavy atom. The zero-order valence-corrected chi connectivity index (χ0v) is 8.56. The topological polar surface area (TPSA) is 59.4 Å². The number of carboxylic acid groups (broad SMARTS) is 1. The van der Waals surface area contributed by atoms with Crippen molar-refractivity contribution in [2.24, 2.45) is 0 Å². The summed E-state index contributed by atoms with van der Waals surface area (Å²) in [6.07, 6.45) is 2.29. The molecule has 0 atom stereocenters. The highest BCUT2D eigenvalue weighted by atomic mass is 16.5. The Kier molecular flexibility index (Phi) is 2.34. The summed E-state index contributed by atoms with van der Waals surface area (Å²) < 4.78 is 4.99. The van der Waals surface area contributed by atoms with E-state index in [2.05, 4.69) is 4.98 Å². The molecule has 0 spiro atoms. The first-order chi connectivity index (χ1) is 7.19. The minimum atomic E-state index is -0.783. The third-order valence-electron chi connectivity index (χ3n) is 3.04. The van der Waals surface area contributed by atoms with E-state index in [0.717, 1.165) is 6.42 Å². The van der Waals surface area contributed by atoms with Crippen LogP contribution in [0, 0.1) is 0 Å². The van der Waals surface area contributed by atoms with Crippen LogP contribution in [0.25, 0.3) is 0 Å². The number of rotatable bonds is 3. The van der Waals surface area contributed by atoms with E-state index in [4.69, 9.17) is 4.74 Å². The second-order valence-corrected chi connectivity index (χ2v) is 3.81. The van der Waals surface area contributed by atoms with Crippen LogP contribution in [0.5, 0.6) is 5.88 Å². The van der Waals surface area contributed by atoms with Crippen LogP contribution in [-0.2, 0) is 10.2 Å². The minimum absolute atomic E-state index is 0.472. The number of ether oxygens (including phenoxy) is 1. The van der Waals surface area contributed by atoms with Gasteiger partial charge in [0.25, 0.3) is 0 Å². The molecule has 1 N–H and O–H groups in total. The predicted molar refractivity (Wildman–Crippen MR) is 54.0 cm³/mol. The van der Waals surface area contributed by atoms with Crippen molar-refractivity contribution in [3.63, 3.8) is 0 Å². The van der Waals surface area contributed by atoms with Crippen LogP contribution < -0.4 is 4.74 Å². The van der Waals surface area contributed by atoms with E-state index in [0.29, 0.717) is 24.4 Å². The Hall–Kier alpha value is -1.58. The van der Waals surface area contributed by atoms with Crippen molar-refractivity contribution in [1.82, 2.24) is 4.98 Å². The van der Waals surface area contributed by atoms with Crippen LogP contribution in [0.2, 0.25) is 0 Å². The van der Waals surface area contributed by atoms with Gasteiger partial charge < -0.3 is 9.84 Å². The normalized spacial score (nSPS) is 17.9. The molecule has 1 aliphatic carbocycles. The maximum absolute atomic E-state index is 11.2. The molecule has 2 rings (SSSR count). The van der Waals surface area contributed by atoms with Gasteiger partial charge in [-0.2, -0.15) is 0 Å². The van der Waals surface area contributed by atoms with Crippen LogP contribution in [-0.4, -0.2) is 23.2 Å². The lowest BCUT2D eigenvalue weighted by atomic mass is 9.66. The fraction of sp³-hybridized carbons (Fsp3) is 0.455. The SMILES string of the molecule is COc1cccc(C2(C(=O)O)CCC2)n1. The molecule has 0 aliphatic heterocycles. The highest BCUT2D eigenvalue weighted by molar-refractivity contribution is 5.81. The van der Waals surface area contributed by atoms with Gasteiger partial charge in [0.05, 0.1) is 12.8 Å². The molecular weight excluding hydrogens is 194 g/mol. The van der Waals surface area contributed by atoms with Gasteiger partial charge in [0.1, 0.15) is 5.41 Å². The van der Waals surface area contributed by atoms with Crippen molar-refractivity contribution in [2.45, 2.75) is 24.7 Å². The first-order valence-electron chi connectivity index (χ1n) is 4.94. The molecule has 0 amide bonds. The number of aromatic nitrogens is 1. The third-order valence-corrected chi connectivity index (χ3v) is 3.04. The number of hydrogen-bond donors (Lipinski definition) is 1. The molecule has 1 saturated carbocycles. The molecule has 0 saturated heterocycles. The van der Waals surface area contributed by atoms with E-state index >= 15 is 0 Å². The summed E-state index contributed by atoms with van der Waals surface area (Å²) in [4.78, 5) is 15.4.